The zero-order valence-corrected chi connectivity index (χ0v) is 12.3. The van der Waals surface area contributed by atoms with Crippen molar-refractivity contribution in [3.63, 3.8) is 0 Å². The molecule has 0 bridgehead atoms. The maximum absolute atomic E-state index is 5.35. The van der Waals surface area contributed by atoms with Crippen molar-refractivity contribution < 1.29 is 9.47 Å². The highest BCUT2D eigenvalue weighted by atomic mass is 16.5. The van der Waals surface area contributed by atoms with Crippen LogP contribution < -0.4 is 14.4 Å². The van der Waals surface area contributed by atoms with Crippen molar-refractivity contribution >= 4 is 11.4 Å². The lowest BCUT2D eigenvalue weighted by molar-refractivity contribution is 0.394. The number of hydrogen-bond donors (Lipinski definition) is 0. The second kappa shape index (κ2) is 6.85. The van der Waals surface area contributed by atoms with Crippen molar-refractivity contribution in [3.05, 3.63) is 48.5 Å². The Morgan fingerprint density at radius 1 is 0.850 bits per heavy atom. The van der Waals surface area contributed by atoms with Crippen molar-refractivity contribution in [3.8, 4) is 11.5 Å². The molecule has 0 aliphatic carbocycles. The number of nitrogens with zero attached hydrogens (tertiary/aromatic N) is 1. The molecule has 0 saturated heterocycles. The lowest BCUT2D eigenvalue weighted by Crippen LogP contribution is -2.17. The molecular weight excluding hydrogens is 250 g/mol. The zero-order chi connectivity index (χ0) is 14.4. The summed E-state index contributed by atoms with van der Waals surface area (Å²) in [5, 5.41) is 0. The first-order chi connectivity index (χ1) is 9.78. The summed E-state index contributed by atoms with van der Waals surface area (Å²) in [7, 11) is 3.34. The van der Waals surface area contributed by atoms with Gasteiger partial charge in [-0.15, -0.1) is 0 Å². The van der Waals surface area contributed by atoms with Gasteiger partial charge in [0.05, 0.1) is 14.2 Å². The molecule has 3 heteroatoms. The summed E-state index contributed by atoms with van der Waals surface area (Å²) >= 11 is 0. The van der Waals surface area contributed by atoms with Crippen molar-refractivity contribution in [2.24, 2.45) is 0 Å². The van der Waals surface area contributed by atoms with Crippen LogP contribution in [0.3, 0.4) is 0 Å². The van der Waals surface area contributed by atoms with Crippen LogP contribution in [-0.4, -0.2) is 20.8 Å². The van der Waals surface area contributed by atoms with Crippen LogP contribution in [0.2, 0.25) is 0 Å². The standard InChI is InChI=1S/C17H21NO2/c1-4-10-18(14-8-6-5-7-9-14)15-11-16(19-2)13-17(12-15)20-3/h5-9,11-13H,4,10H2,1-3H3. The van der Waals surface area contributed by atoms with E-state index in [0.29, 0.717) is 0 Å². The van der Waals surface area contributed by atoms with Crippen LogP contribution >= 0.6 is 0 Å². The van der Waals surface area contributed by atoms with E-state index < -0.39 is 0 Å². The van der Waals surface area contributed by atoms with Gasteiger partial charge in [-0.05, 0) is 18.6 Å². The molecule has 0 aliphatic heterocycles. The average Bonchev–Trinajstić information content (AvgIpc) is 2.52. The minimum atomic E-state index is 0.802. The molecule has 0 radical (unpaired) electrons. The third-order valence-corrected chi connectivity index (χ3v) is 3.16. The van der Waals surface area contributed by atoms with Crippen LogP contribution in [0.15, 0.2) is 48.5 Å². The first-order valence-corrected chi connectivity index (χ1v) is 6.84. The van der Waals surface area contributed by atoms with Gasteiger partial charge >= 0.3 is 0 Å². The Morgan fingerprint density at radius 3 is 1.95 bits per heavy atom. The molecule has 0 heterocycles. The van der Waals surface area contributed by atoms with E-state index in [1.165, 1.54) is 5.69 Å². The lowest BCUT2D eigenvalue weighted by atomic mass is 10.2. The van der Waals surface area contributed by atoms with E-state index >= 15 is 0 Å². The van der Waals surface area contributed by atoms with Gasteiger partial charge in [0.1, 0.15) is 11.5 Å². The minimum absolute atomic E-state index is 0.802. The van der Waals surface area contributed by atoms with E-state index in [9.17, 15) is 0 Å². The van der Waals surface area contributed by atoms with E-state index in [0.717, 1.165) is 30.2 Å². The number of ether oxygens (including phenoxy) is 2. The largest absolute Gasteiger partial charge is 0.497 e. The summed E-state index contributed by atoms with van der Waals surface area (Å²) < 4.78 is 10.7. The predicted octanol–water partition coefficient (Wildman–Crippen LogP) is 4.25. The molecule has 0 aliphatic rings. The summed E-state index contributed by atoms with van der Waals surface area (Å²) in [5.74, 6) is 1.60. The summed E-state index contributed by atoms with van der Waals surface area (Å²) in [4.78, 5) is 2.27. The van der Waals surface area contributed by atoms with Gasteiger partial charge in [0.25, 0.3) is 0 Å². The maximum Gasteiger partial charge on any atom is 0.124 e. The summed E-state index contributed by atoms with van der Waals surface area (Å²) in [6.07, 6.45) is 1.06. The van der Waals surface area contributed by atoms with Gasteiger partial charge in [0.2, 0.25) is 0 Å². The SMILES string of the molecule is CCCN(c1ccccc1)c1cc(OC)cc(OC)c1. The van der Waals surface area contributed by atoms with Gasteiger partial charge in [-0.3, -0.25) is 0 Å². The minimum Gasteiger partial charge on any atom is -0.497 e. The van der Waals surface area contributed by atoms with Crippen molar-refractivity contribution in [2.45, 2.75) is 13.3 Å². The summed E-state index contributed by atoms with van der Waals surface area (Å²) in [6, 6.07) is 16.3. The van der Waals surface area contributed by atoms with Gasteiger partial charge in [0.15, 0.2) is 0 Å². The van der Waals surface area contributed by atoms with Gasteiger partial charge in [0, 0.05) is 36.1 Å². The second-order valence-corrected chi connectivity index (χ2v) is 4.56. The quantitative estimate of drug-likeness (QED) is 0.784. The molecule has 0 aromatic heterocycles. The topological polar surface area (TPSA) is 21.7 Å². The third kappa shape index (κ3) is 3.23. The number of anilines is 2. The molecule has 0 N–H and O–H groups in total. The fourth-order valence-corrected chi connectivity index (χ4v) is 2.19. The molecule has 0 fully saturated rings. The summed E-state index contributed by atoms with van der Waals surface area (Å²) in [6.45, 7) is 3.12. The fraction of sp³-hybridized carbons (Fsp3) is 0.294. The van der Waals surface area contributed by atoms with Gasteiger partial charge in [-0.1, -0.05) is 25.1 Å². The highest BCUT2D eigenvalue weighted by Crippen LogP contribution is 2.32. The Hall–Kier alpha value is -2.16. The number of rotatable bonds is 6. The highest BCUT2D eigenvalue weighted by molar-refractivity contribution is 5.66. The normalized spacial score (nSPS) is 10.2. The molecule has 0 amide bonds. The second-order valence-electron chi connectivity index (χ2n) is 4.56. The van der Waals surface area contributed by atoms with Crippen LogP contribution in [0.5, 0.6) is 11.5 Å². The van der Waals surface area contributed by atoms with Crippen molar-refractivity contribution in [1.29, 1.82) is 0 Å². The molecule has 3 nitrogen and oxygen atoms in total. The zero-order valence-electron chi connectivity index (χ0n) is 12.3. The molecule has 0 saturated carbocycles. The van der Waals surface area contributed by atoms with E-state index in [1.807, 2.05) is 24.3 Å². The Kier molecular flexibility index (Phi) is 4.88. The molecule has 106 valence electrons. The van der Waals surface area contributed by atoms with Crippen molar-refractivity contribution in [2.75, 3.05) is 25.7 Å². The van der Waals surface area contributed by atoms with Crippen LogP contribution in [-0.2, 0) is 0 Å². The Bertz CT molecular complexity index is 518. The smallest absolute Gasteiger partial charge is 0.124 e. The Labute approximate surface area is 120 Å². The van der Waals surface area contributed by atoms with E-state index in [1.54, 1.807) is 14.2 Å². The summed E-state index contributed by atoms with van der Waals surface area (Å²) in [5.41, 5.74) is 2.25. The molecule has 0 unspecified atom stereocenters. The third-order valence-electron chi connectivity index (χ3n) is 3.16. The predicted molar refractivity (Wildman–Crippen MR) is 83.3 cm³/mol. The van der Waals surface area contributed by atoms with E-state index in [2.05, 4.69) is 36.1 Å². The molecule has 0 spiro atoms. The van der Waals surface area contributed by atoms with E-state index in [4.69, 9.17) is 9.47 Å². The average molecular weight is 271 g/mol. The van der Waals surface area contributed by atoms with Crippen LogP contribution in [0.1, 0.15) is 13.3 Å². The highest BCUT2D eigenvalue weighted by Gasteiger charge is 2.11. The number of hydrogen-bond acceptors (Lipinski definition) is 3. The monoisotopic (exact) mass is 271 g/mol. The Morgan fingerprint density at radius 2 is 1.45 bits per heavy atom. The van der Waals surface area contributed by atoms with Crippen LogP contribution in [0.25, 0.3) is 0 Å². The maximum atomic E-state index is 5.35. The lowest BCUT2D eigenvalue weighted by Gasteiger charge is -2.25. The molecular formula is C17H21NO2. The molecule has 2 rings (SSSR count). The van der Waals surface area contributed by atoms with Gasteiger partial charge < -0.3 is 14.4 Å². The van der Waals surface area contributed by atoms with Gasteiger partial charge in [-0.25, -0.2) is 0 Å². The first-order valence-electron chi connectivity index (χ1n) is 6.84. The molecule has 2 aromatic carbocycles. The van der Waals surface area contributed by atoms with E-state index in [-0.39, 0.29) is 0 Å². The molecule has 0 atom stereocenters. The number of methoxy groups -OCH3 is 2. The number of para-hydroxylation sites is 1. The molecule has 20 heavy (non-hydrogen) atoms. The van der Waals surface area contributed by atoms with Gasteiger partial charge in [-0.2, -0.15) is 0 Å². The number of benzene rings is 2. The fourth-order valence-electron chi connectivity index (χ4n) is 2.19. The molecule has 2 aromatic rings. The first kappa shape index (κ1) is 14.3. The van der Waals surface area contributed by atoms with Crippen LogP contribution in [0, 0.1) is 0 Å². The van der Waals surface area contributed by atoms with Crippen LogP contribution in [0.4, 0.5) is 11.4 Å². The van der Waals surface area contributed by atoms with Crippen molar-refractivity contribution in [1.82, 2.24) is 0 Å². The Balaban J connectivity index is 2.43.